The summed E-state index contributed by atoms with van der Waals surface area (Å²) in [6, 6.07) is 15.6. The van der Waals surface area contributed by atoms with Crippen LogP contribution in [0.5, 0.6) is 5.75 Å². The third kappa shape index (κ3) is 14.5. The number of guanidine groups is 2. The Morgan fingerprint density at radius 2 is 1.41 bits per heavy atom. The first-order valence-corrected chi connectivity index (χ1v) is 20.5. The van der Waals surface area contributed by atoms with E-state index < -0.39 is 53.7 Å². The fourth-order valence-electron chi connectivity index (χ4n) is 5.67. The first kappa shape index (κ1) is 43.0. The first-order chi connectivity index (χ1) is 26.9. The van der Waals surface area contributed by atoms with Crippen molar-refractivity contribution in [1.29, 1.82) is 0 Å². The van der Waals surface area contributed by atoms with Crippen LogP contribution < -0.4 is 49.5 Å². The van der Waals surface area contributed by atoms with Gasteiger partial charge in [0.1, 0.15) is 29.9 Å². The van der Waals surface area contributed by atoms with E-state index in [1.807, 2.05) is 42.5 Å². The smallest absolute Gasteiger partial charge is 0.244 e. The monoisotopic (exact) mass is 807 g/mol. The number of aliphatic imine (C=N–C) groups is 2. The normalized spacial score (nSPS) is 19.3. The van der Waals surface area contributed by atoms with E-state index in [1.165, 1.54) is 21.6 Å². The molecule has 0 unspecified atom stereocenters. The molecule has 1 saturated heterocycles. The second-order valence-electron chi connectivity index (χ2n) is 13.0. The van der Waals surface area contributed by atoms with Crippen molar-refractivity contribution < 1.29 is 29.1 Å². The molecule has 5 amide bonds. The number of nitrogens with zero attached hydrogens (tertiary/aromatic N) is 2. The van der Waals surface area contributed by atoms with Gasteiger partial charge in [0.15, 0.2) is 11.9 Å². The van der Waals surface area contributed by atoms with Crippen LogP contribution in [0.3, 0.4) is 0 Å². The molecule has 1 fully saturated rings. The third-order valence-corrected chi connectivity index (χ3v) is 11.0. The minimum Gasteiger partial charge on any atom is -0.508 e. The Morgan fingerprint density at radius 3 is 2.14 bits per heavy atom. The number of benzene rings is 3. The van der Waals surface area contributed by atoms with Crippen LogP contribution in [0, 0.1) is 0 Å². The van der Waals surface area contributed by atoms with E-state index in [4.69, 9.17) is 22.9 Å². The Hall–Kier alpha value is -5.69. The summed E-state index contributed by atoms with van der Waals surface area (Å²) in [5, 5.41) is 25.5. The van der Waals surface area contributed by atoms with Gasteiger partial charge in [-0.15, -0.1) is 0 Å². The fraction of sp³-hybridized carbons (Fsp3) is 0.378. The zero-order valence-corrected chi connectivity index (χ0v) is 32.4. The second kappa shape index (κ2) is 22.0. The van der Waals surface area contributed by atoms with Gasteiger partial charge >= 0.3 is 0 Å². The number of phenolic OH excluding ortho intramolecular Hbond substituents is 1. The van der Waals surface area contributed by atoms with Gasteiger partial charge in [0, 0.05) is 37.4 Å². The van der Waals surface area contributed by atoms with E-state index in [2.05, 4.69) is 36.6 Å². The summed E-state index contributed by atoms with van der Waals surface area (Å²) in [5.74, 6) is -2.86. The van der Waals surface area contributed by atoms with Gasteiger partial charge in [-0.25, -0.2) is 0 Å². The van der Waals surface area contributed by atoms with Crippen LogP contribution in [-0.4, -0.2) is 102 Å². The highest BCUT2D eigenvalue weighted by atomic mass is 33.1. The lowest BCUT2D eigenvalue weighted by Crippen LogP contribution is -2.59. The maximum atomic E-state index is 14.1. The highest BCUT2D eigenvalue weighted by Crippen LogP contribution is 2.24. The van der Waals surface area contributed by atoms with Crippen molar-refractivity contribution in [3.8, 4) is 5.75 Å². The molecule has 300 valence electrons. The van der Waals surface area contributed by atoms with Gasteiger partial charge < -0.3 is 54.6 Å². The van der Waals surface area contributed by atoms with Crippen molar-refractivity contribution in [2.24, 2.45) is 32.9 Å². The van der Waals surface area contributed by atoms with Crippen LogP contribution in [0.4, 0.5) is 0 Å². The second-order valence-corrected chi connectivity index (χ2v) is 15.5. The van der Waals surface area contributed by atoms with Gasteiger partial charge in [-0.05, 0) is 53.3 Å². The standard InChI is InChI=1S/C37H49N11O6S2/c38-36(39)43-15-3-6-27-33(52)47-28(19-23-7-10-24-4-1-2-5-25(24)18-23)34(53)48-29(32(51)42-16-13-22-8-11-26(49)12-9-22)20-55-56-21-30(35(54)46-27)45-31(50)14-17-44-37(40)41/h1-2,4-5,7-12,18,27-30,49H,3,6,13-17,19-21H2,(H,42,51)(H,45,50)(H,46,54)(H,47,52)(H,48,53)(H4,38,39,43)(H4,40,41,44)/t27-,28-,29-,30-/m1/s1. The SMILES string of the molecule is NC(N)=NCCC[C@H]1NC(=O)[C@H](NC(=O)CCN=C(N)N)CSSC[C@H](C(=O)NCCc2ccc(O)cc2)NC(=O)[C@@H](Cc2ccc3ccccc3c2)NC1=O. The van der Waals surface area contributed by atoms with E-state index >= 15 is 0 Å². The lowest BCUT2D eigenvalue weighted by Gasteiger charge is -2.27. The Labute approximate surface area is 332 Å². The summed E-state index contributed by atoms with van der Waals surface area (Å²) < 4.78 is 0. The first-order valence-electron chi connectivity index (χ1n) is 18.0. The molecule has 1 aliphatic rings. The van der Waals surface area contributed by atoms with Crippen LogP contribution in [0.15, 0.2) is 76.7 Å². The Kier molecular flexibility index (Phi) is 16.9. The molecular formula is C37H49N11O6S2. The van der Waals surface area contributed by atoms with E-state index in [-0.39, 0.29) is 68.1 Å². The summed E-state index contributed by atoms with van der Waals surface area (Å²) in [4.78, 5) is 76.1. The number of phenols is 1. The lowest BCUT2D eigenvalue weighted by atomic mass is 10.00. The van der Waals surface area contributed by atoms with Gasteiger partial charge in [-0.3, -0.25) is 34.0 Å². The number of aromatic hydroxyl groups is 1. The largest absolute Gasteiger partial charge is 0.508 e. The number of nitrogens with two attached hydrogens (primary N) is 4. The summed E-state index contributed by atoms with van der Waals surface area (Å²) >= 11 is 0. The van der Waals surface area contributed by atoms with Crippen LogP contribution in [-0.2, 0) is 36.8 Å². The molecule has 1 aliphatic heterocycles. The summed E-state index contributed by atoms with van der Waals surface area (Å²) in [7, 11) is 2.44. The maximum Gasteiger partial charge on any atom is 0.244 e. The number of hydrogen-bond acceptors (Lipinski definition) is 10. The van der Waals surface area contributed by atoms with Gasteiger partial charge in [0.05, 0.1) is 6.54 Å². The van der Waals surface area contributed by atoms with Crippen molar-refractivity contribution in [2.75, 3.05) is 31.1 Å². The summed E-state index contributed by atoms with van der Waals surface area (Å²) in [5.41, 5.74) is 23.4. The predicted octanol–water partition coefficient (Wildman–Crippen LogP) is -0.502. The minimum absolute atomic E-state index is 0.00204. The molecule has 3 aromatic carbocycles. The highest BCUT2D eigenvalue weighted by molar-refractivity contribution is 8.76. The maximum absolute atomic E-state index is 14.1. The van der Waals surface area contributed by atoms with Crippen molar-refractivity contribution >= 4 is 73.8 Å². The molecule has 0 saturated carbocycles. The van der Waals surface area contributed by atoms with E-state index in [9.17, 15) is 29.1 Å². The Morgan fingerprint density at radius 1 is 0.768 bits per heavy atom. The van der Waals surface area contributed by atoms with Crippen molar-refractivity contribution in [3.63, 3.8) is 0 Å². The topological polar surface area (TPSA) is 295 Å². The average Bonchev–Trinajstić information content (AvgIpc) is 3.16. The third-order valence-electron chi connectivity index (χ3n) is 8.58. The molecule has 3 aromatic rings. The predicted molar refractivity (Wildman–Crippen MR) is 220 cm³/mol. The number of hydrogen-bond donors (Lipinski definition) is 10. The molecule has 0 aliphatic carbocycles. The lowest BCUT2D eigenvalue weighted by molar-refractivity contribution is -0.134. The van der Waals surface area contributed by atoms with E-state index in [1.54, 1.807) is 24.3 Å². The van der Waals surface area contributed by atoms with Crippen molar-refractivity contribution in [1.82, 2.24) is 26.6 Å². The fourth-order valence-corrected chi connectivity index (χ4v) is 7.99. The number of carbonyl (C=O) groups is 5. The van der Waals surface area contributed by atoms with Crippen LogP contribution in [0.2, 0.25) is 0 Å². The average molecular weight is 808 g/mol. The number of fused-ring (bicyclic) bond motifs is 1. The molecule has 17 nitrogen and oxygen atoms in total. The van der Waals surface area contributed by atoms with Crippen LogP contribution in [0.25, 0.3) is 10.8 Å². The molecule has 14 N–H and O–H groups in total. The van der Waals surface area contributed by atoms with Gasteiger partial charge in [-0.1, -0.05) is 76.2 Å². The zero-order valence-electron chi connectivity index (χ0n) is 30.7. The molecule has 4 atom stereocenters. The van der Waals surface area contributed by atoms with Crippen LogP contribution >= 0.6 is 21.6 Å². The highest BCUT2D eigenvalue weighted by Gasteiger charge is 2.32. The van der Waals surface area contributed by atoms with Crippen molar-refractivity contribution in [2.45, 2.75) is 56.3 Å². The molecule has 0 aromatic heterocycles. The minimum atomic E-state index is -1.15. The molecule has 19 heteroatoms. The number of nitrogens with one attached hydrogen (secondary N) is 5. The summed E-state index contributed by atoms with van der Waals surface area (Å²) in [6.07, 6.45) is 0.834. The molecule has 56 heavy (non-hydrogen) atoms. The number of amides is 5. The van der Waals surface area contributed by atoms with E-state index in [0.717, 1.165) is 21.9 Å². The zero-order chi connectivity index (χ0) is 40.5. The molecule has 0 radical (unpaired) electrons. The molecule has 1 heterocycles. The Bertz CT molecular complexity index is 1890. The van der Waals surface area contributed by atoms with Gasteiger partial charge in [-0.2, -0.15) is 0 Å². The molecule has 0 spiro atoms. The number of rotatable bonds is 14. The summed E-state index contributed by atoms with van der Waals surface area (Å²) in [6.45, 7) is 0.423. The van der Waals surface area contributed by atoms with E-state index in [0.29, 0.717) is 12.8 Å². The van der Waals surface area contributed by atoms with Gasteiger partial charge in [0.2, 0.25) is 29.5 Å². The molecule has 4 rings (SSSR count). The molecular weight excluding hydrogens is 759 g/mol. The quantitative estimate of drug-likeness (QED) is 0.0427. The van der Waals surface area contributed by atoms with Gasteiger partial charge in [0.25, 0.3) is 0 Å². The van der Waals surface area contributed by atoms with Crippen LogP contribution in [0.1, 0.15) is 30.4 Å². The molecule has 0 bridgehead atoms. The van der Waals surface area contributed by atoms with Crippen molar-refractivity contribution in [3.05, 3.63) is 77.9 Å². The Balaban J connectivity index is 1.61. The number of carbonyl (C=O) groups excluding carboxylic acids is 5.